The van der Waals surface area contributed by atoms with Gasteiger partial charge in [0.1, 0.15) is 5.15 Å². The van der Waals surface area contributed by atoms with Gasteiger partial charge in [-0.15, -0.1) is 0 Å². The Labute approximate surface area is 89.3 Å². The summed E-state index contributed by atoms with van der Waals surface area (Å²) in [7, 11) is 1.86. The monoisotopic (exact) mass is 220 g/mol. The van der Waals surface area contributed by atoms with E-state index in [4.69, 9.17) is 23.2 Å². The summed E-state index contributed by atoms with van der Waals surface area (Å²) in [4.78, 5) is 3.89. The Morgan fingerprint density at radius 3 is 2.46 bits per heavy atom. The molecule has 1 N–H and O–H groups in total. The van der Waals surface area contributed by atoms with Crippen LogP contribution in [0, 0.1) is 0 Å². The van der Waals surface area contributed by atoms with Crippen LogP contribution in [0.1, 0.15) is 19.4 Å². The first-order valence-corrected chi connectivity index (χ1v) is 4.94. The summed E-state index contributed by atoms with van der Waals surface area (Å²) in [5.74, 6) is 0. The van der Waals surface area contributed by atoms with E-state index in [1.165, 1.54) is 0 Å². The molecular formula is C9H14Cl2N2. The quantitative estimate of drug-likeness (QED) is 0.776. The standard InChI is InChI=1S/C7H8Cl2N2.C2H6/c1-10-3-5-2-6(8)7(9)11-4-5;1-2/h2,4,10H,3H2,1H3;1-2H3. The van der Waals surface area contributed by atoms with Crippen LogP contribution in [0.15, 0.2) is 12.3 Å². The van der Waals surface area contributed by atoms with Crippen LogP contribution in [0.2, 0.25) is 10.2 Å². The van der Waals surface area contributed by atoms with E-state index < -0.39 is 0 Å². The number of aromatic nitrogens is 1. The van der Waals surface area contributed by atoms with E-state index in [1.807, 2.05) is 20.9 Å². The third kappa shape index (κ3) is 4.46. The zero-order valence-electron chi connectivity index (χ0n) is 8.06. The summed E-state index contributed by atoms with van der Waals surface area (Å²) in [5.41, 5.74) is 1.03. The Bertz CT molecular complexity index is 251. The largest absolute Gasteiger partial charge is 0.316 e. The van der Waals surface area contributed by atoms with Gasteiger partial charge >= 0.3 is 0 Å². The summed E-state index contributed by atoms with van der Waals surface area (Å²) >= 11 is 11.3. The van der Waals surface area contributed by atoms with Crippen LogP contribution in [0.3, 0.4) is 0 Å². The highest BCUT2D eigenvalue weighted by atomic mass is 35.5. The highest BCUT2D eigenvalue weighted by Crippen LogP contribution is 2.19. The summed E-state index contributed by atoms with van der Waals surface area (Å²) in [5, 5.41) is 3.84. The number of rotatable bonds is 2. The van der Waals surface area contributed by atoms with Crippen molar-refractivity contribution in [3.05, 3.63) is 28.0 Å². The molecule has 2 nitrogen and oxygen atoms in total. The molecule has 1 rings (SSSR count). The average molecular weight is 221 g/mol. The van der Waals surface area contributed by atoms with Gasteiger partial charge in [0.25, 0.3) is 0 Å². The molecule has 0 aliphatic heterocycles. The zero-order chi connectivity index (χ0) is 10.3. The van der Waals surface area contributed by atoms with Gasteiger partial charge in [-0.25, -0.2) is 4.98 Å². The van der Waals surface area contributed by atoms with Crippen molar-refractivity contribution >= 4 is 23.2 Å². The second-order valence-corrected chi connectivity index (χ2v) is 2.91. The third-order valence-electron chi connectivity index (χ3n) is 1.23. The van der Waals surface area contributed by atoms with Crippen molar-refractivity contribution in [2.75, 3.05) is 7.05 Å². The minimum atomic E-state index is 0.353. The van der Waals surface area contributed by atoms with E-state index in [2.05, 4.69) is 10.3 Å². The van der Waals surface area contributed by atoms with Crippen LogP contribution < -0.4 is 5.32 Å². The van der Waals surface area contributed by atoms with Crippen molar-refractivity contribution in [3.8, 4) is 0 Å². The Morgan fingerprint density at radius 2 is 2.00 bits per heavy atom. The second-order valence-electron chi connectivity index (χ2n) is 2.15. The Hall–Kier alpha value is -0.310. The lowest BCUT2D eigenvalue weighted by Gasteiger charge is -1.99. The van der Waals surface area contributed by atoms with E-state index in [-0.39, 0.29) is 0 Å². The van der Waals surface area contributed by atoms with E-state index in [0.717, 1.165) is 12.1 Å². The molecule has 74 valence electrons. The van der Waals surface area contributed by atoms with Gasteiger partial charge in [0.2, 0.25) is 0 Å². The molecule has 0 spiro atoms. The molecule has 0 aliphatic carbocycles. The molecule has 4 heteroatoms. The first-order valence-electron chi connectivity index (χ1n) is 4.18. The molecule has 0 fully saturated rings. The number of hydrogen-bond acceptors (Lipinski definition) is 2. The molecule has 13 heavy (non-hydrogen) atoms. The molecule has 0 bridgehead atoms. The maximum Gasteiger partial charge on any atom is 0.147 e. The number of hydrogen-bond donors (Lipinski definition) is 1. The molecule has 0 saturated carbocycles. The van der Waals surface area contributed by atoms with Gasteiger partial charge < -0.3 is 5.32 Å². The molecule has 0 aliphatic rings. The Balaban J connectivity index is 0.000000671. The highest BCUT2D eigenvalue weighted by Gasteiger charge is 1.98. The average Bonchev–Trinajstić information content (AvgIpc) is 2.15. The molecule has 1 aromatic rings. The van der Waals surface area contributed by atoms with Gasteiger partial charge in [-0.05, 0) is 18.7 Å². The first-order chi connectivity index (χ1) is 6.24. The summed E-state index contributed by atoms with van der Waals surface area (Å²) < 4.78 is 0. The molecule has 0 atom stereocenters. The fourth-order valence-corrected chi connectivity index (χ4v) is 1.05. The Kier molecular flexibility index (Phi) is 6.96. The highest BCUT2D eigenvalue weighted by molar-refractivity contribution is 6.41. The van der Waals surface area contributed by atoms with Crippen LogP contribution in [0.4, 0.5) is 0 Å². The lowest BCUT2D eigenvalue weighted by Crippen LogP contribution is -2.05. The maximum absolute atomic E-state index is 5.73. The molecule has 1 aromatic heterocycles. The van der Waals surface area contributed by atoms with E-state index in [9.17, 15) is 0 Å². The normalized spacial score (nSPS) is 9.00. The van der Waals surface area contributed by atoms with Crippen molar-refractivity contribution in [2.45, 2.75) is 20.4 Å². The third-order valence-corrected chi connectivity index (χ3v) is 1.92. The van der Waals surface area contributed by atoms with Gasteiger partial charge in [-0.3, -0.25) is 0 Å². The van der Waals surface area contributed by atoms with Gasteiger partial charge in [0.15, 0.2) is 0 Å². The van der Waals surface area contributed by atoms with Crippen LogP contribution in [-0.2, 0) is 6.54 Å². The van der Waals surface area contributed by atoms with E-state index >= 15 is 0 Å². The summed E-state index contributed by atoms with van der Waals surface area (Å²) in [6.45, 7) is 4.75. The van der Waals surface area contributed by atoms with Crippen LogP contribution in [-0.4, -0.2) is 12.0 Å². The summed E-state index contributed by atoms with van der Waals surface area (Å²) in [6.07, 6.45) is 1.70. The van der Waals surface area contributed by atoms with Crippen LogP contribution in [0.25, 0.3) is 0 Å². The zero-order valence-corrected chi connectivity index (χ0v) is 9.58. The van der Waals surface area contributed by atoms with Gasteiger partial charge in [0.05, 0.1) is 5.02 Å². The predicted molar refractivity (Wildman–Crippen MR) is 58.4 cm³/mol. The lowest BCUT2D eigenvalue weighted by molar-refractivity contribution is 0.813. The van der Waals surface area contributed by atoms with E-state index in [0.29, 0.717) is 10.2 Å². The Morgan fingerprint density at radius 1 is 1.38 bits per heavy atom. The maximum atomic E-state index is 5.73. The van der Waals surface area contributed by atoms with Crippen LogP contribution in [0.5, 0.6) is 0 Å². The number of halogens is 2. The molecule has 0 unspecified atom stereocenters. The van der Waals surface area contributed by atoms with Crippen molar-refractivity contribution in [3.63, 3.8) is 0 Å². The molecule has 0 aromatic carbocycles. The number of nitrogens with one attached hydrogen (secondary N) is 1. The fourth-order valence-electron chi connectivity index (χ4n) is 0.762. The van der Waals surface area contributed by atoms with E-state index in [1.54, 1.807) is 12.3 Å². The van der Waals surface area contributed by atoms with Crippen molar-refractivity contribution < 1.29 is 0 Å². The topological polar surface area (TPSA) is 24.9 Å². The first kappa shape index (κ1) is 12.7. The van der Waals surface area contributed by atoms with Crippen LogP contribution >= 0.6 is 23.2 Å². The fraction of sp³-hybridized carbons (Fsp3) is 0.444. The van der Waals surface area contributed by atoms with Crippen molar-refractivity contribution in [1.82, 2.24) is 10.3 Å². The van der Waals surface area contributed by atoms with Gasteiger partial charge in [-0.2, -0.15) is 0 Å². The number of pyridine rings is 1. The smallest absolute Gasteiger partial charge is 0.147 e. The lowest BCUT2D eigenvalue weighted by atomic mass is 10.3. The number of nitrogens with zero attached hydrogens (tertiary/aromatic N) is 1. The van der Waals surface area contributed by atoms with Gasteiger partial charge in [0, 0.05) is 12.7 Å². The molecule has 1 heterocycles. The second kappa shape index (κ2) is 7.13. The predicted octanol–water partition coefficient (Wildman–Crippen LogP) is 3.13. The molecular weight excluding hydrogens is 207 g/mol. The van der Waals surface area contributed by atoms with Crippen molar-refractivity contribution in [2.24, 2.45) is 0 Å². The minimum Gasteiger partial charge on any atom is -0.316 e. The minimum absolute atomic E-state index is 0.353. The molecule has 0 radical (unpaired) electrons. The van der Waals surface area contributed by atoms with Gasteiger partial charge in [-0.1, -0.05) is 37.0 Å². The summed E-state index contributed by atoms with van der Waals surface area (Å²) in [6, 6.07) is 1.80. The SMILES string of the molecule is CC.CNCc1cnc(Cl)c(Cl)c1. The molecule has 0 saturated heterocycles. The molecule has 0 amide bonds. The van der Waals surface area contributed by atoms with Crippen molar-refractivity contribution in [1.29, 1.82) is 0 Å².